The zero-order chi connectivity index (χ0) is 12.4. The van der Waals surface area contributed by atoms with E-state index in [1.807, 2.05) is 11.9 Å². The molecule has 2 N–H and O–H groups in total. The monoisotopic (exact) mass is 241 g/mol. The Bertz CT molecular complexity index is 495. The standard InChI is InChI=1S/C10H15N3O4/c1-12-4-7(6-14)17-9(5-12)13-3-2-8(15)11-10(13)16/h2-3,7,9,14H,4-6H2,1H3,(H,11,15,16). The van der Waals surface area contributed by atoms with E-state index in [-0.39, 0.29) is 12.7 Å². The van der Waals surface area contributed by atoms with Crippen LogP contribution in [0.5, 0.6) is 0 Å². The first-order valence-electron chi connectivity index (χ1n) is 5.36. The van der Waals surface area contributed by atoms with Gasteiger partial charge in [-0.2, -0.15) is 0 Å². The summed E-state index contributed by atoms with van der Waals surface area (Å²) >= 11 is 0. The summed E-state index contributed by atoms with van der Waals surface area (Å²) in [5, 5.41) is 9.09. The largest absolute Gasteiger partial charge is 0.394 e. The molecule has 2 rings (SSSR count). The van der Waals surface area contributed by atoms with Crippen LogP contribution in [-0.4, -0.2) is 52.4 Å². The molecule has 1 saturated heterocycles. The van der Waals surface area contributed by atoms with E-state index in [4.69, 9.17) is 9.84 Å². The number of nitrogens with zero attached hydrogens (tertiary/aromatic N) is 2. The second-order valence-electron chi connectivity index (χ2n) is 4.13. The van der Waals surface area contributed by atoms with Crippen LogP contribution in [0.2, 0.25) is 0 Å². The van der Waals surface area contributed by atoms with Crippen molar-refractivity contribution in [3.8, 4) is 0 Å². The lowest BCUT2D eigenvalue weighted by Gasteiger charge is -2.35. The van der Waals surface area contributed by atoms with Crippen molar-refractivity contribution in [1.82, 2.24) is 14.5 Å². The van der Waals surface area contributed by atoms with E-state index in [0.29, 0.717) is 13.1 Å². The maximum atomic E-state index is 11.6. The number of hydrogen-bond donors (Lipinski definition) is 2. The molecule has 0 saturated carbocycles. The van der Waals surface area contributed by atoms with Crippen LogP contribution >= 0.6 is 0 Å². The average Bonchev–Trinajstić information content (AvgIpc) is 2.28. The van der Waals surface area contributed by atoms with Crippen molar-refractivity contribution in [2.75, 3.05) is 26.7 Å². The molecule has 0 aliphatic carbocycles. The molecule has 7 nitrogen and oxygen atoms in total. The Hall–Kier alpha value is -1.44. The van der Waals surface area contributed by atoms with Gasteiger partial charge in [0, 0.05) is 25.4 Å². The lowest BCUT2D eigenvalue weighted by atomic mass is 10.3. The van der Waals surface area contributed by atoms with E-state index in [9.17, 15) is 9.59 Å². The average molecular weight is 241 g/mol. The molecule has 0 amide bonds. The van der Waals surface area contributed by atoms with Gasteiger partial charge in [0.2, 0.25) is 0 Å². The van der Waals surface area contributed by atoms with Crippen LogP contribution in [0.25, 0.3) is 0 Å². The SMILES string of the molecule is CN1CC(CO)OC(n2ccc(=O)[nH]c2=O)C1. The van der Waals surface area contributed by atoms with Gasteiger partial charge in [-0.3, -0.25) is 19.2 Å². The fourth-order valence-electron chi connectivity index (χ4n) is 1.91. The number of aromatic amines is 1. The molecular formula is C10H15N3O4. The Morgan fingerprint density at radius 3 is 2.94 bits per heavy atom. The number of H-pyrrole nitrogens is 1. The molecule has 1 aromatic rings. The third-order valence-electron chi connectivity index (χ3n) is 2.70. The number of aliphatic hydroxyl groups is 1. The molecule has 17 heavy (non-hydrogen) atoms. The minimum absolute atomic E-state index is 0.0983. The van der Waals surface area contributed by atoms with Crippen molar-refractivity contribution in [1.29, 1.82) is 0 Å². The predicted octanol–water partition coefficient (Wildman–Crippen LogP) is -1.64. The normalized spacial score (nSPS) is 26.0. The number of rotatable bonds is 2. The summed E-state index contributed by atoms with van der Waals surface area (Å²) in [7, 11) is 1.88. The Morgan fingerprint density at radius 1 is 1.53 bits per heavy atom. The van der Waals surface area contributed by atoms with Gasteiger partial charge in [0.15, 0.2) is 6.23 Å². The molecule has 94 valence electrons. The Balaban J connectivity index is 2.26. The summed E-state index contributed by atoms with van der Waals surface area (Å²) in [4.78, 5) is 26.7. The van der Waals surface area contributed by atoms with Crippen molar-refractivity contribution >= 4 is 0 Å². The van der Waals surface area contributed by atoms with E-state index in [1.54, 1.807) is 0 Å². The molecule has 2 atom stereocenters. The zero-order valence-electron chi connectivity index (χ0n) is 9.50. The number of nitrogens with one attached hydrogen (secondary N) is 1. The van der Waals surface area contributed by atoms with Crippen molar-refractivity contribution in [3.05, 3.63) is 33.1 Å². The fraction of sp³-hybridized carbons (Fsp3) is 0.600. The number of morpholine rings is 1. The molecule has 0 radical (unpaired) electrons. The van der Waals surface area contributed by atoms with Gasteiger partial charge in [-0.15, -0.1) is 0 Å². The predicted molar refractivity (Wildman–Crippen MR) is 59.8 cm³/mol. The second kappa shape index (κ2) is 4.82. The smallest absolute Gasteiger partial charge is 0.330 e. The molecule has 1 aliphatic rings. The van der Waals surface area contributed by atoms with Gasteiger partial charge in [0.1, 0.15) is 0 Å². The highest BCUT2D eigenvalue weighted by molar-refractivity contribution is 4.86. The molecular weight excluding hydrogens is 226 g/mol. The third-order valence-corrected chi connectivity index (χ3v) is 2.70. The zero-order valence-corrected chi connectivity index (χ0v) is 9.50. The Labute approximate surface area is 97.3 Å². The molecule has 2 heterocycles. The van der Waals surface area contributed by atoms with Crippen LogP contribution in [0.1, 0.15) is 6.23 Å². The maximum absolute atomic E-state index is 11.6. The topological polar surface area (TPSA) is 87.6 Å². The Morgan fingerprint density at radius 2 is 2.29 bits per heavy atom. The number of ether oxygens (including phenoxy) is 1. The van der Waals surface area contributed by atoms with Crippen molar-refractivity contribution in [2.24, 2.45) is 0 Å². The summed E-state index contributed by atoms with van der Waals surface area (Å²) in [6, 6.07) is 1.27. The van der Waals surface area contributed by atoms with Gasteiger partial charge in [0.25, 0.3) is 5.56 Å². The fourth-order valence-corrected chi connectivity index (χ4v) is 1.91. The summed E-state index contributed by atoms with van der Waals surface area (Å²) < 4.78 is 6.88. The summed E-state index contributed by atoms with van der Waals surface area (Å²) in [6.45, 7) is 1.05. The minimum atomic E-state index is -0.505. The number of likely N-dealkylation sites (N-methyl/N-ethyl adjacent to an activating group) is 1. The molecule has 0 aromatic carbocycles. The lowest BCUT2D eigenvalue weighted by Crippen LogP contribution is -2.47. The maximum Gasteiger partial charge on any atom is 0.330 e. The molecule has 7 heteroatoms. The highest BCUT2D eigenvalue weighted by Crippen LogP contribution is 2.16. The number of aromatic nitrogens is 2. The van der Waals surface area contributed by atoms with Crippen LogP contribution in [0.15, 0.2) is 21.9 Å². The van der Waals surface area contributed by atoms with Crippen LogP contribution in [0.4, 0.5) is 0 Å². The van der Waals surface area contributed by atoms with Gasteiger partial charge in [-0.25, -0.2) is 4.79 Å². The van der Waals surface area contributed by atoms with Gasteiger partial charge >= 0.3 is 5.69 Å². The van der Waals surface area contributed by atoms with Crippen molar-refractivity contribution in [3.63, 3.8) is 0 Å². The summed E-state index contributed by atoms with van der Waals surface area (Å²) in [5.74, 6) is 0. The van der Waals surface area contributed by atoms with E-state index >= 15 is 0 Å². The molecule has 1 aliphatic heterocycles. The number of hydrogen-bond acceptors (Lipinski definition) is 5. The first kappa shape index (κ1) is 12.0. The molecule has 2 unspecified atom stereocenters. The highest BCUT2D eigenvalue weighted by atomic mass is 16.5. The molecule has 1 fully saturated rings. The minimum Gasteiger partial charge on any atom is -0.394 e. The van der Waals surface area contributed by atoms with Crippen LogP contribution < -0.4 is 11.2 Å². The first-order valence-corrected chi connectivity index (χ1v) is 5.36. The highest BCUT2D eigenvalue weighted by Gasteiger charge is 2.26. The molecule has 0 spiro atoms. The van der Waals surface area contributed by atoms with Crippen LogP contribution in [-0.2, 0) is 4.74 Å². The number of aliphatic hydroxyl groups excluding tert-OH is 1. The quantitative estimate of drug-likeness (QED) is 0.648. The lowest BCUT2D eigenvalue weighted by molar-refractivity contribution is -0.130. The second-order valence-corrected chi connectivity index (χ2v) is 4.13. The molecule has 1 aromatic heterocycles. The van der Waals surface area contributed by atoms with E-state index in [0.717, 1.165) is 0 Å². The van der Waals surface area contributed by atoms with E-state index < -0.39 is 17.5 Å². The van der Waals surface area contributed by atoms with Crippen molar-refractivity contribution < 1.29 is 9.84 Å². The van der Waals surface area contributed by atoms with Crippen LogP contribution in [0, 0.1) is 0 Å². The van der Waals surface area contributed by atoms with Gasteiger partial charge in [0.05, 0.1) is 12.7 Å². The summed E-state index contributed by atoms with van der Waals surface area (Å²) in [6.07, 6.45) is 0.590. The first-order chi connectivity index (χ1) is 8.10. The van der Waals surface area contributed by atoms with Gasteiger partial charge in [-0.1, -0.05) is 0 Å². The van der Waals surface area contributed by atoms with Crippen LogP contribution in [0.3, 0.4) is 0 Å². The Kier molecular flexibility index (Phi) is 3.41. The van der Waals surface area contributed by atoms with Crippen molar-refractivity contribution in [2.45, 2.75) is 12.3 Å². The van der Waals surface area contributed by atoms with E-state index in [2.05, 4.69) is 4.98 Å². The van der Waals surface area contributed by atoms with E-state index in [1.165, 1.54) is 16.8 Å². The summed E-state index contributed by atoms with van der Waals surface area (Å²) in [5.41, 5.74) is -0.941. The van der Waals surface area contributed by atoms with Gasteiger partial charge < -0.3 is 9.84 Å². The molecule has 0 bridgehead atoms. The third kappa shape index (κ3) is 2.63. The van der Waals surface area contributed by atoms with Gasteiger partial charge in [-0.05, 0) is 7.05 Å².